The van der Waals surface area contributed by atoms with E-state index in [1.54, 1.807) is 4.90 Å². The molecule has 2 aromatic rings. The lowest BCUT2D eigenvalue weighted by Crippen LogP contribution is -2.37. The van der Waals surface area contributed by atoms with Crippen molar-refractivity contribution in [2.75, 3.05) is 23.3 Å². The molecule has 1 aromatic carbocycles. The topological polar surface area (TPSA) is 91.4 Å². The molecular weight excluding hydrogens is 352 g/mol. The summed E-state index contributed by atoms with van der Waals surface area (Å²) < 4.78 is 0. The highest BCUT2D eigenvalue weighted by Crippen LogP contribution is 2.25. The molecule has 3 rings (SSSR count). The van der Waals surface area contributed by atoms with Gasteiger partial charge in [-0.25, -0.2) is 4.98 Å². The molecule has 1 aliphatic rings. The number of hydrogen-bond acceptors (Lipinski definition) is 5. The molecule has 0 spiro atoms. The van der Waals surface area contributed by atoms with Gasteiger partial charge in [-0.15, -0.1) is 11.3 Å². The van der Waals surface area contributed by atoms with E-state index in [-0.39, 0.29) is 30.7 Å². The minimum Gasteiger partial charge on any atom is -0.347 e. The van der Waals surface area contributed by atoms with E-state index in [0.29, 0.717) is 11.7 Å². The molecule has 2 heterocycles. The largest absolute Gasteiger partial charge is 0.347 e. The number of aryl methyl sites for hydroxylation is 2. The number of hydrogen-bond donors (Lipinski definition) is 2. The molecule has 3 amide bonds. The van der Waals surface area contributed by atoms with Gasteiger partial charge >= 0.3 is 0 Å². The summed E-state index contributed by atoms with van der Waals surface area (Å²) in [5, 5.41) is 5.79. The molecule has 0 bridgehead atoms. The molecule has 0 saturated carbocycles. The van der Waals surface area contributed by atoms with Gasteiger partial charge in [-0.05, 0) is 26.0 Å². The number of rotatable bonds is 5. The van der Waals surface area contributed by atoms with Crippen molar-refractivity contribution >= 4 is 39.9 Å². The normalized spacial score (nSPS) is 16.6. The van der Waals surface area contributed by atoms with Crippen LogP contribution in [0, 0.1) is 19.8 Å². The fourth-order valence-corrected chi connectivity index (χ4v) is 3.57. The standard InChI is InChI=1S/C18H20N4O3S/c1-11-12(2)26-18(20-11)21-15(23)9-19-17(25)13-8-16(24)22(10-13)14-6-4-3-5-7-14/h3-7,13H,8-10H2,1-2H3,(H,19,25)(H,20,21,23)/t13-/m0/s1. The molecule has 0 aliphatic carbocycles. The molecule has 7 nitrogen and oxygen atoms in total. The van der Waals surface area contributed by atoms with Gasteiger partial charge in [0.05, 0.1) is 18.2 Å². The summed E-state index contributed by atoms with van der Waals surface area (Å²) in [5.74, 6) is -1.18. The Balaban J connectivity index is 1.51. The number of nitrogens with one attached hydrogen (secondary N) is 2. The van der Waals surface area contributed by atoms with Crippen molar-refractivity contribution < 1.29 is 14.4 Å². The smallest absolute Gasteiger partial charge is 0.245 e. The first-order chi connectivity index (χ1) is 12.4. The number of anilines is 2. The molecule has 1 atom stereocenters. The van der Waals surface area contributed by atoms with Crippen molar-refractivity contribution in [3.63, 3.8) is 0 Å². The van der Waals surface area contributed by atoms with Crippen LogP contribution in [-0.2, 0) is 14.4 Å². The van der Waals surface area contributed by atoms with Crippen molar-refractivity contribution in [3.05, 3.63) is 40.9 Å². The van der Waals surface area contributed by atoms with Crippen molar-refractivity contribution in [1.29, 1.82) is 0 Å². The number of aromatic nitrogens is 1. The zero-order valence-electron chi connectivity index (χ0n) is 14.6. The average Bonchev–Trinajstić information content (AvgIpc) is 3.16. The molecule has 2 N–H and O–H groups in total. The van der Waals surface area contributed by atoms with Crippen LogP contribution in [0.25, 0.3) is 0 Å². The monoisotopic (exact) mass is 372 g/mol. The quantitative estimate of drug-likeness (QED) is 0.838. The van der Waals surface area contributed by atoms with Gasteiger partial charge in [-0.2, -0.15) is 0 Å². The highest BCUT2D eigenvalue weighted by atomic mass is 32.1. The third-order valence-electron chi connectivity index (χ3n) is 4.26. The average molecular weight is 372 g/mol. The summed E-state index contributed by atoms with van der Waals surface area (Å²) in [5.41, 5.74) is 1.65. The first kappa shape index (κ1) is 18.1. The lowest BCUT2D eigenvalue weighted by Gasteiger charge is -2.16. The number of nitrogens with zero attached hydrogens (tertiary/aromatic N) is 2. The van der Waals surface area contributed by atoms with Gasteiger partial charge in [0.1, 0.15) is 0 Å². The summed E-state index contributed by atoms with van der Waals surface area (Å²) in [7, 11) is 0. The van der Waals surface area contributed by atoms with Crippen LogP contribution in [0.5, 0.6) is 0 Å². The Labute approximate surface area is 155 Å². The molecule has 1 aromatic heterocycles. The number of thiazole rings is 1. The van der Waals surface area contributed by atoms with Gasteiger partial charge in [-0.1, -0.05) is 18.2 Å². The van der Waals surface area contributed by atoms with E-state index in [1.807, 2.05) is 44.2 Å². The summed E-state index contributed by atoms with van der Waals surface area (Å²) in [6, 6.07) is 9.25. The van der Waals surface area contributed by atoms with Crippen LogP contribution in [0.2, 0.25) is 0 Å². The third-order valence-corrected chi connectivity index (χ3v) is 5.25. The minimum absolute atomic E-state index is 0.0884. The van der Waals surface area contributed by atoms with E-state index >= 15 is 0 Å². The first-order valence-corrected chi connectivity index (χ1v) is 9.12. The van der Waals surface area contributed by atoms with E-state index < -0.39 is 5.92 Å². The number of benzene rings is 1. The Morgan fingerprint density at radius 1 is 1.27 bits per heavy atom. The summed E-state index contributed by atoms with van der Waals surface area (Å²) >= 11 is 1.39. The fraction of sp³-hybridized carbons (Fsp3) is 0.333. The second kappa shape index (κ2) is 7.65. The molecule has 1 aliphatic heterocycles. The van der Waals surface area contributed by atoms with Crippen LogP contribution in [0.3, 0.4) is 0 Å². The second-order valence-corrected chi connectivity index (χ2v) is 7.37. The van der Waals surface area contributed by atoms with E-state index in [9.17, 15) is 14.4 Å². The molecule has 1 fully saturated rings. The van der Waals surface area contributed by atoms with Gasteiger partial charge in [0.2, 0.25) is 17.7 Å². The van der Waals surface area contributed by atoms with Gasteiger partial charge in [0.25, 0.3) is 0 Å². The maximum absolute atomic E-state index is 12.3. The Hall–Kier alpha value is -2.74. The zero-order chi connectivity index (χ0) is 18.7. The molecule has 0 unspecified atom stereocenters. The van der Waals surface area contributed by atoms with Gasteiger partial charge < -0.3 is 15.5 Å². The number of para-hydroxylation sites is 1. The SMILES string of the molecule is Cc1nc(NC(=O)CNC(=O)[C@H]2CC(=O)N(c3ccccc3)C2)sc1C. The summed E-state index contributed by atoms with van der Waals surface area (Å²) in [6.45, 7) is 3.98. The summed E-state index contributed by atoms with van der Waals surface area (Å²) in [4.78, 5) is 43.3. The lowest BCUT2D eigenvalue weighted by molar-refractivity contribution is -0.127. The van der Waals surface area contributed by atoms with E-state index in [4.69, 9.17) is 0 Å². The maximum atomic E-state index is 12.3. The van der Waals surface area contributed by atoms with Crippen molar-refractivity contribution in [3.8, 4) is 0 Å². The van der Waals surface area contributed by atoms with Crippen LogP contribution in [-0.4, -0.2) is 35.8 Å². The van der Waals surface area contributed by atoms with Gasteiger partial charge in [-0.3, -0.25) is 14.4 Å². The lowest BCUT2D eigenvalue weighted by atomic mass is 10.1. The van der Waals surface area contributed by atoms with Gasteiger partial charge in [0, 0.05) is 23.5 Å². The number of carbonyl (C=O) groups excluding carboxylic acids is 3. The molecule has 26 heavy (non-hydrogen) atoms. The van der Waals surface area contributed by atoms with Crippen molar-refractivity contribution in [1.82, 2.24) is 10.3 Å². The highest BCUT2D eigenvalue weighted by molar-refractivity contribution is 7.15. The Kier molecular flexibility index (Phi) is 5.32. The molecule has 136 valence electrons. The molecule has 0 radical (unpaired) electrons. The van der Waals surface area contributed by atoms with E-state index in [1.165, 1.54) is 11.3 Å². The van der Waals surface area contributed by atoms with Crippen molar-refractivity contribution in [2.24, 2.45) is 5.92 Å². The fourth-order valence-electron chi connectivity index (χ4n) is 2.74. The third kappa shape index (κ3) is 4.08. The second-order valence-electron chi connectivity index (χ2n) is 6.17. The first-order valence-electron chi connectivity index (χ1n) is 8.31. The minimum atomic E-state index is -0.458. The summed E-state index contributed by atoms with van der Waals surface area (Å²) in [6.07, 6.45) is 0.146. The van der Waals surface area contributed by atoms with Crippen LogP contribution in [0.4, 0.5) is 10.8 Å². The molecule has 8 heteroatoms. The Bertz CT molecular complexity index is 815. The number of amides is 3. The molecule has 1 saturated heterocycles. The zero-order valence-corrected chi connectivity index (χ0v) is 15.4. The van der Waals surface area contributed by atoms with Crippen LogP contribution < -0.4 is 15.5 Å². The van der Waals surface area contributed by atoms with E-state index in [2.05, 4.69) is 15.6 Å². The van der Waals surface area contributed by atoms with Crippen molar-refractivity contribution in [2.45, 2.75) is 20.3 Å². The maximum Gasteiger partial charge on any atom is 0.245 e. The van der Waals surface area contributed by atoms with Crippen LogP contribution in [0.1, 0.15) is 17.0 Å². The van der Waals surface area contributed by atoms with Crippen LogP contribution >= 0.6 is 11.3 Å². The predicted octanol–water partition coefficient (Wildman–Crippen LogP) is 1.87. The predicted molar refractivity (Wildman–Crippen MR) is 100 cm³/mol. The van der Waals surface area contributed by atoms with Gasteiger partial charge in [0.15, 0.2) is 5.13 Å². The van der Waals surface area contributed by atoms with Crippen LogP contribution in [0.15, 0.2) is 30.3 Å². The van der Waals surface area contributed by atoms with E-state index in [0.717, 1.165) is 16.3 Å². The highest BCUT2D eigenvalue weighted by Gasteiger charge is 2.35. The Morgan fingerprint density at radius 2 is 2.00 bits per heavy atom. The number of carbonyl (C=O) groups is 3. The Morgan fingerprint density at radius 3 is 2.65 bits per heavy atom. The molecular formula is C18H20N4O3S.